The first-order chi connectivity index (χ1) is 8.85. The number of amides is 1. The third-order valence-electron chi connectivity index (χ3n) is 3.12. The summed E-state index contributed by atoms with van der Waals surface area (Å²) < 4.78 is 1.06. The summed E-state index contributed by atoms with van der Waals surface area (Å²) in [7, 11) is 0. The van der Waals surface area contributed by atoms with Gasteiger partial charge in [-0.3, -0.25) is 4.79 Å². The summed E-state index contributed by atoms with van der Waals surface area (Å²) in [5.74, 6) is -0.0704. The molecular weight excluding hydrogens is 304 g/mol. The van der Waals surface area contributed by atoms with E-state index in [9.17, 15) is 4.79 Å². The molecule has 0 heterocycles. The van der Waals surface area contributed by atoms with Gasteiger partial charge in [0, 0.05) is 10.5 Å². The SMILES string of the molecule is CCCC(C)(N)C(=O)NC(C)Cc1ccc(Br)cc1. The fourth-order valence-corrected chi connectivity index (χ4v) is 2.31. The standard InChI is InChI=1S/C15H23BrN2O/c1-4-9-15(3,17)14(19)18-11(2)10-12-5-7-13(16)8-6-12/h5-8,11H,4,9-10,17H2,1-3H3,(H,18,19). The molecule has 106 valence electrons. The van der Waals surface area contributed by atoms with Crippen LogP contribution in [0.1, 0.15) is 39.2 Å². The van der Waals surface area contributed by atoms with Gasteiger partial charge >= 0.3 is 0 Å². The Hall–Kier alpha value is -0.870. The van der Waals surface area contributed by atoms with E-state index in [4.69, 9.17) is 5.73 Å². The highest BCUT2D eigenvalue weighted by atomic mass is 79.9. The largest absolute Gasteiger partial charge is 0.352 e. The lowest BCUT2D eigenvalue weighted by molar-refractivity contribution is -0.126. The fraction of sp³-hybridized carbons (Fsp3) is 0.533. The minimum absolute atomic E-state index is 0.0704. The molecule has 2 atom stereocenters. The fourth-order valence-electron chi connectivity index (χ4n) is 2.05. The van der Waals surface area contributed by atoms with Crippen molar-refractivity contribution in [3.8, 4) is 0 Å². The van der Waals surface area contributed by atoms with Crippen LogP contribution in [0.25, 0.3) is 0 Å². The summed E-state index contributed by atoms with van der Waals surface area (Å²) in [5, 5.41) is 2.99. The molecule has 19 heavy (non-hydrogen) atoms. The predicted octanol–water partition coefficient (Wildman–Crippen LogP) is 3.01. The topological polar surface area (TPSA) is 55.1 Å². The molecule has 2 unspecified atom stereocenters. The zero-order valence-corrected chi connectivity index (χ0v) is 13.5. The van der Waals surface area contributed by atoms with E-state index in [-0.39, 0.29) is 11.9 Å². The van der Waals surface area contributed by atoms with Crippen LogP contribution in [0.3, 0.4) is 0 Å². The minimum Gasteiger partial charge on any atom is -0.352 e. The molecule has 0 fully saturated rings. The second-order valence-electron chi connectivity index (χ2n) is 5.37. The first-order valence-corrected chi connectivity index (χ1v) is 7.48. The summed E-state index contributed by atoms with van der Waals surface area (Å²) in [5.41, 5.74) is 6.44. The van der Waals surface area contributed by atoms with Crippen LogP contribution >= 0.6 is 15.9 Å². The lowest BCUT2D eigenvalue weighted by Gasteiger charge is -2.25. The van der Waals surface area contributed by atoms with Crippen LogP contribution in [0.15, 0.2) is 28.7 Å². The van der Waals surface area contributed by atoms with E-state index in [1.165, 1.54) is 5.56 Å². The van der Waals surface area contributed by atoms with Gasteiger partial charge in [0.25, 0.3) is 0 Å². The van der Waals surface area contributed by atoms with Gasteiger partial charge in [-0.2, -0.15) is 0 Å². The summed E-state index contributed by atoms with van der Waals surface area (Å²) in [4.78, 5) is 12.1. The number of hydrogen-bond acceptors (Lipinski definition) is 2. The zero-order chi connectivity index (χ0) is 14.5. The average molecular weight is 327 g/mol. The average Bonchev–Trinajstić information content (AvgIpc) is 2.32. The number of halogens is 1. The normalized spacial score (nSPS) is 15.6. The van der Waals surface area contributed by atoms with Crippen molar-refractivity contribution in [2.24, 2.45) is 5.73 Å². The highest BCUT2D eigenvalue weighted by Crippen LogP contribution is 2.13. The lowest BCUT2D eigenvalue weighted by atomic mass is 9.95. The number of nitrogens with two attached hydrogens (primary N) is 1. The second kappa shape index (κ2) is 7.06. The van der Waals surface area contributed by atoms with Gasteiger partial charge < -0.3 is 11.1 Å². The molecule has 0 saturated heterocycles. The Kier molecular flexibility index (Phi) is 6.01. The summed E-state index contributed by atoms with van der Waals surface area (Å²) in [6, 6.07) is 8.21. The van der Waals surface area contributed by atoms with Gasteiger partial charge in [-0.05, 0) is 44.4 Å². The molecule has 1 rings (SSSR count). The van der Waals surface area contributed by atoms with Gasteiger partial charge in [-0.15, -0.1) is 0 Å². The van der Waals surface area contributed by atoms with Crippen molar-refractivity contribution in [2.75, 3.05) is 0 Å². The van der Waals surface area contributed by atoms with Crippen LogP contribution < -0.4 is 11.1 Å². The minimum atomic E-state index is -0.775. The van der Waals surface area contributed by atoms with Gasteiger partial charge in [-0.1, -0.05) is 41.4 Å². The molecule has 1 aromatic rings. The van der Waals surface area contributed by atoms with Crippen LogP contribution in [0.5, 0.6) is 0 Å². The molecule has 0 radical (unpaired) electrons. The zero-order valence-electron chi connectivity index (χ0n) is 11.9. The molecule has 3 N–H and O–H groups in total. The summed E-state index contributed by atoms with van der Waals surface area (Å²) in [6.45, 7) is 5.82. The van der Waals surface area contributed by atoms with Gasteiger partial charge in [0.1, 0.15) is 0 Å². The molecule has 0 spiro atoms. The summed E-state index contributed by atoms with van der Waals surface area (Å²) in [6.07, 6.45) is 2.41. The van der Waals surface area contributed by atoms with Crippen molar-refractivity contribution in [2.45, 2.75) is 51.6 Å². The number of rotatable bonds is 6. The molecule has 0 aromatic heterocycles. The van der Waals surface area contributed by atoms with Gasteiger partial charge in [0.2, 0.25) is 5.91 Å². The van der Waals surface area contributed by atoms with Gasteiger partial charge in [0.05, 0.1) is 5.54 Å². The molecule has 0 bridgehead atoms. The third-order valence-corrected chi connectivity index (χ3v) is 3.65. The second-order valence-corrected chi connectivity index (χ2v) is 6.29. The first kappa shape index (κ1) is 16.2. The molecule has 0 aliphatic rings. The Labute approximate surface area is 124 Å². The van der Waals surface area contributed by atoms with Crippen molar-refractivity contribution >= 4 is 21.8 Å². The maximum atomic E-state index is 12.1. The quantitative estimate of drug-likeness (QED) is 0.844. The number of carbonyl (C=O) groups excluding carboxylic acids is 1. The Morgan fingerprint density at radius 3 is 2.53 bits per heavy atom. The van der Waals surface area contributed by atoms with Crippen molar-refractivity contribution in [3.63, 3.8) is 0 Å². The lowest BCUT2D eigenvalue weighted by Crippen LogP contribution is -2.53. The molecule has 0 aliphatic heterocycles. The number of carbonyl (C=O) groups is 1. The van der Waals surface area contributed by atoms with E-state index in [0.29, 0.717) is 6.42 Å². The van der Waals surface area contributed by atoms with Crippen molar-refractivity contribution in [3.05, 3.63) is 34.3 Å². The number of nitrogens with one attached hydrogen (secondary N) is 1. The summed E-state index contributed by atoms with van der Waals surface area (Å²) >= 11 is 3.41. The van der Waals surface area contributed by atoms with E-state index in [1.807, 2.05) is 26.0 Å². The number of hydrogen-bond donors (Lipinski definition) is 2. The predicted molar refractivity (Wildman–Crippen MR) is 83.0 cm³/mol. The van der Waals surface area contributed by atoms with Crippen LogP contribution in [0, 0.1) is 0 Å². The Balaban J connectivity index is 2.53. The molecule has 4 heteroatoms. The van der Waals surface area contributed by atoms with E-state index >= 15 is 0 Å². The van der Waals surface area contributed by atoms with Gasteiger partial charge in [0.15, 0.2) is 0 Å². The van der Waals surface area contributed by atoms with E-state index in [0.717, 1.165) is 17.3 Å². The molecule has 3 nitrogen and oxygen atoms in total. The number of benzene rings is 1. The molecular formula is C15H23BrN2O. The van der Waals surface area contributed by atoms with Crippen molar-refractivity contribution in [1.29, 1.82) is 0 Å². The monoisotopic (exact) mass is 326 g/mol. The van der Waals surface area contributed by atoms with Crippen molar-refractivity contribution in [1.82, 2.24) is 5.32 Å². The van der Waals surface area contributed by atoms with Crippen LogP contribution in [-0.4, -0.2) is 17.5 Å². The first-order valence-electron chi connectivity index (χ1n) is 6.69. The van der Waals surface area contributed by atoms with E-state index in [1.54, 1.807) is 6.92 Å². The van der Waals surface area contributed by atoms with E-state index in [2.05, 4.69) is 33.4 Å². The Bertz CT molecular complexity index is 415. The molecule has 1 aromatic carbocycles. The smallest absolute Gasteiger partial charge is 0.240 e. The maximum Gasteiger partial charge on any atom is 0.240 e. The van der Waals surface area contributed by atoms with E-state index < -0.39 is 5.54 Å². The Morgan fingerprint density at radius 2 is 2.00 bits per heavy atom. The highest BCUT2D eigenvalue weighted by Gasteiger charge is 2.27. The molecule has 1 amide bonds. The highest BCUT2D eigenvalue weighted by molar-refractivity contribution is 9.10. The molecule has 0 saturated carbocycles. The van der Waals surface area contributed by atoms with Crippen LogP contribution in [0.2, 0.25) is 0 Å². The van der Waals surface area contributed by atoms with Gasteiger partial charge in [-0.25, -0.2) is 0 Å². The Morgan fingerprint density at radius 1 is 1.42 bits per heavy atom. The van der Waals surface area contributed by atoms with Crippen LogP contribution in [-0.2, 0) is 11.2 Å². The molecule has 0 aliphatic carbocycles. The van der Waals surface area contributed by atoms with Crippen molar-refractivity contribution < 1.29 is 4.79 Å². The van der Waals surface area contributed by atoms with Crippen LogP contribution in [0.4, 0.5) is 0 Å². The third kappa shape index (κ3) is 5.33. The maximum absolute atomic E-state index is 12.1.